The lowest BCUT2D eigenvalue weighted by molar-refractivity contribution is -0.155. The van der Waals surface area contributed by atoms with Crippen molar-refractivity contribution in [1.29, 1.82) is 0 Å². The highest BCUT2D eigenvalue weighted by Gasteiger charge is 2.44. The Bertz CT molecular complexity index is 966. The third kappa shape index (κ3) is 5.51. The van der Waals surface area contributed by atoms with Gasteiger partial charge in [-0.25, -0.2) is 13.2 Å². The Morgan fingerprint density at radius 1 is 1.12 bits per heavy atom. The Balaban J connectivity index is 1.69. The number of halogens is 3. The van der Waals surface area contributed by atoms with Crippen LogP contribution in [-0.4, -0.2) is 49.8 Å². The number of benzene rings is 1. The molecule has 2 aliphatic rings. The Hall–Kier alpha value is -2.14. The van der Waals surface area contributed by atoms with Crippen molar-refractivity contribution < 1.29 is 35.9 Å². The SMILES string of the molecule is CCOC(=O)C1(NC(=O)C2CCN(S(=O)(=O)c3ccccc3C(F)(F)F)CC2)CCCCC1. The molecule has 1 N–H and O–H groups in total. The molecule has 1 aromatic carbocycles. The predicted octanol–water partition coefficient (Wildman–Crippen LogP) is 3.49. The molecule has 184 valence electrons. The summed E-state index contributed by atoms with van der Waals surface area (Å²) in [6.45, 7) is 1.73. The molecule has 1 aromatic rings. The maximum absolute atomic E-state index is 13.3. The zero-order valence-electron chi connectivity index (χ0n) is 18.5. The Labute approximate surface area is 191 Å². The molecule has 1 saturated heterocycles. The van der Waals surface area contributed by atoms with Crippen molar-refractivity contribution in [2.75, 3.05) is 19.7 Å². The van der Waals surface area contributed by atoms with E-state index in [-0.39, 0.29) is 38.4 Å². The number of hydrogen-bond acceptors (Lipinski definition) is 5. The second-order valence-corrected chi connectivity index (χ2v) is 10.4. The van der Waals surface area contributed by atoms with Crippen LogP contribution in [0, 0.1) is 5.92 Å². The number of nitrogens with zero attached hydrogens (tertiary/aromatic N) is 1. The van der Waals surface area contributed by atoms with E-state index in [1.807, 2.05) is 0 Å². The van der Waals surface area contributed by atoms with Crippen LogP contribution in [0.3, 0.4) is 0 Å². The van der Waals surface area contributed by atoms with E-state index < -0.39 is 44.1 Å². The summed E-state index contributed by atoms with van der Waals surface area (Å²) in [7, 11) is -4.38. The number of carbonyl (C=O) groups excluding carboxylic acids is 2. The first-order chi connectivity index (χ1) is 15.5. The third-order valence-corrected chi connectivity index (χ3v) is 8.33. The molecule has 0 atom stereocenters. The first kappa shape index (κ1) is 25.5. The Morgan fingerprint density at radius 2 is 1.73 bits per heavy atom. The summed E-state index contributed by atoms with van der Waals surface area (Å²) < 4.78 is 72.0. The van der Waals surface area contributed by atoms with E-state index in [1.54, 1.807) is 6.92 Å². The van der Waals surface area contributed by atoms with Gasteiger partial charge in [-0.15, -0.1) is 0 Å². The van der Waals surface area contributed by atoms with Crippen LogP contribution in [0.25, 0.3) is 0 Å². The number of alkyl halides is 3. The Morgan fingerprint density at radius 3 is 2.30 bits per heavy atom. The van der Waals surface area contributed by atoms with E-state index in [0.717, 1.165) is 41.8 Å². The number of ether oxygens (including phenoxy) is 1. The lowest BCUT2D eigenvalue weighted by Crippen LogP contribution is -2.58. The number of carbonyl (C=O) groups is 2. The minimum absolute atomic E-state index is 0.0843. The molecule has 0 spiro atoms. The molecule has 33 heavy (non-hydrogen) atoms. The first-order valence-corrected chi connectivity index (χ1v) is 12.6. The summed E-state index contributed by atoms with van der Waals surface area (Å²) >= 11 is 0. The third-order valence-electron chi connectivity index (χ3n) is 6.37. The molecule has 11 heteroatoms. The average molecular weight is 491 g/mol. The predicted molar refractivity (Wildman–Crippen MR) is 114 cm³/mol. The number of piperidine rings is 1. The maximum atomic E-state index is 13.3. The number of rotatable bonds is 6. The monoisotopic (exact) mass is 490 g/mol. The maximum Gasteiger partial charge on any atom is 0.417 e. The van der Waals surface area contributed by atoms with Gasteiger partial charge in [0.1, 0.15) is 5.54 Å². The number of amides is 1. The molecule has 1 aliphatic carbocycles. The fourth-order valence-corrected chi connectivity index (χ4v) is 6.25. The van der Waals surface area contributed by atoms with Crippen LogP contribution in [0.1, 0.15) is 57.4 Å². The van der Waals surface area contributed by atoms with Crippen LogP contribution in [0.5, 0.6) is 0 Å². The molecule has 0 bridgehead atoms. The van der Waals surface area contributed by atoms with E-state index in [1.165, 1.54) is 6.07 Å². The number of hydrogen-bond donors (Lipinski definition) is 1. The summed E-state index contributed by atoms with van der Waals surface area (Å²) in [5.41, 5.74) is -2.28. The summed E-state index contributed by atoms with van der Waals surface area (Å²) in [5.74, 6) is -1.35. The molecule has 1 saturated carbocycles. The lowest BCUT2D eigenvalue weighted by atomic mass is 9.81. The summed E-state index contributed by atoms with van der Waals surface area (Å²) in [6.07, 6.45) is -0.993. The molecule has 1 heterocycles. The molecule has 1 amide bonds. The van der Waals surface area contributed by atoms with Gasteiger partial charge in [0.15, 0.2) is 0 Å². The number of nitrogens with one attached hydrogen (secondary N) is 1. The molecule has 0 radical (unpaired) electrons. The number of esters is 1. The summed E-state index contributed by atoms with van der Waals surface area (Å²) in [4.78, 5) is 24.7. The van der Waals surface area contributed by atoms with Gasteiger partial charge in [0.05, 0.1) is 17.1 Å². The fourth-order valence-electron chi connectivity index (χ4n) is 4.57. The molecule has 3 rings (SSSR count). The second-order valence-electron chi connectivity index (χ2n) is 8.52. The average Bonchev–Trinajstić information content (AvgIpc) is 2.79. The Kier molecular flexibility index (Phi) is 7.73. The van der Waals surface area contributed by atoms with Crippen LogP contribution >= 0.6 is 0 Å². The molecule has 2 fully saturated rings. The standard InChI is InChI=1S/C22H29F3N2O5S/c1-2-32-20(29)21(12-6-3-7-13-21)26-19(28)16-10-14-27(15-11-16)33(30,31)18-9-5-4-8-17(18)22(23,24)25/h4-5,8-9,16H,2-3,6-7,10-15H2,1H3,(H,26,28). The van der Waals surface area contributed by atoms with Crippen molar-refractivity contribution in [3.05, 3.63) is 29.8 Å². The van der Waals surface area contributed by atoms with E-state index in [0.29, 0.717) is 12.8 Å². The van der Waals surface area contributed by atoms with Gasteiger partial charge in [-0.2, -0.15) is 17.5 Å². The zero-order valence-corrected chi connectivity index (χ0v) is 19.3. The van der Waals surface area contributed by atoms with Gasteiger partial charge in [-0.05, 0) is 44.7 Å². The topological polar surface area (TPSA) is 92.8 Å². The van der Waals surface area contributed by atoms with E-state index in [9.17, 15) is 31.2 Å². The normalized spacial score (nSPS) is 20.2. The van der Waals surface area contributed by atoms with Crippen molar-refractivity contribution >= 4 is 21.9 Å². The van der Waals surface area contributed by atoms with Gasteiger partial charge in [0.25, 0.3) is 0 Å². The fraction of sp³-hybridized carbons (Fsp3) is 0.636. The highest BCUT2D eigenvalue weighted by atomic mass is 32.2. The van der Waals surface area contributed by atoms with Gasteiger partial charge in [0.2, 0.25) is 15.9 Å². The minimum atomic E-state index is -4.80. The molecule has 7 nitrogen and oxygen atoms in total. The number of sulfonamides is 1. The summed E-state index contributed by atoms with van der Waals surface area (Å²) in [6, 6.07) is 4.08. The molecular formula is C22H29F3N2O5S. The van der Waals surface area contributed by atoms with E-state index in [4.69, 9.17) is 4.74 Å². The van der Waals surface area contributed by atoms with Crippen molar-refractivity contribution in [2.24, 2.45) is 5.92 Å². The van der Waals surface area contributed by atoms with E-state index >= 15 is 0 Å². The van der Waals surface area contributed by atoms with Gasteiger partial charge in [-0.1, -0.05) is 31.4 Å². The molecule has 0 aromatic heterocycles. The second kappa shape index (κ2) is 10.0. The molecular weight excluding hydrogens is 461 g/mol. The smallest absolute Gasteiger partial charge is 0.417 e. The van der Waals surface area contributed by atoms with Crippen molar-refractivity contribution in [3.8, 4) is 0 Å². The largest absolute Gasteiger partial charge is 0.464 e. The van der Waals surface area contributed by atoms with E-state index in [2.05, 4.69) is 5.32 Å². The van der Waals surface area contributed by atoms with Crippen molar-refractivity contribution in [1.82, 2.24) is 9.62 Å². The zero-order chi connectivity index (χ0) is 24.3. The molecule has 1 aliphatic heterocycles. The van der Waals surface area contributed by atoms with Gasteiger partial charge in [0, 0.05) is 19.0 Å². The molecule has 0 unspecified atom stereocenters. The van der Waals surface area contributed by atoms with Gasteiger partial charge >= 0.3 is 12.1 Å². The lowest BCUT2D eigenvalue weighted by Gasteiger charge is -2.38. The first-order valence-electron chi connectivity index (χ1n) is 11.2. The van der Waals surface area contributed by atoms with Gasteiger partial charge < -0.3 is 10.1 Å². The van der Waals surface area contributed by atoms with Crippen molar-refractivity contribution in [2.45, 2.75) is 68.5 Å². The van der Waals surface area contributed by atoms with Crippen LogP contribution in [0.15, 0.2) is 29.2 Å². The summed E-state index contributed by atoms with van der Waals surface area (Å²) in [5, 5.41) is 2.87. The van der Waals surface area contributed by atoms with Crippen LogP contribution in [-0.2, 0) is 30.5 Å². The van der Waals surface area contributed by atoms with Crippen LogP contribution < -0.4 is 5.32 Å². The van der Waals surface area contributed by atoms with Crippen molar-refractivity contribution in [3.63, 3.8) is 0 Å². The van der Waals surface area contributed by atoms with Crippen LogP contribution in [0.2, 0.25) is 0 Å². The van der Waals surface area contributed by atoms with Gasteiger partial charge in [-0.3, -0.25) is 4.79 Å². The highest BCUT2D eigenvalue weighted by Crippen LogP contribution is 2.36. The quantitative estimate of drug-likeness (QED) is 0.617. The highest BCUT2D eigenvalue weighted by molar-refractivity contribution is 7.89. The van der Waals surface area contributed by atoms with Crippen LogP contribution in [0.4, 0.5) is 13.2 Å². The minimum Gasteiger partial charge on any atom is -0.464 e.